The molecule has 0 saturated carbocycles. The van der Waals surface area contributed by atoms with Crippen molar-refractivity contribution in [1.82, 2.24) is 0 Å². The monoisotopic (exact) mass is 223 g/mol. The van der Waals surface area contributed by atoms with E-state index in [1.165, 1.54) is 0 Å². The minimum Gasteiger partial charge on any atom is -0.487 e. The zero-order valence-corrected chi connectivity index (χ0v) is 10.1. The normalized spacial score (nSPS) is 12.6. The molecular weight excluding hydrogens is 204 g/mol. The van der Waals surface area contributed by atoms with Crippen LogP contribution in [0, 0.1) is 13.8 Å². The smallest absolute Gasteiger partial charge is 0.164 e. The Morgan fingerprint density at radius 2 is 2.06 bits per heavy atom. The second-order valence-corrected chi connectivity index (χ2v) is 4.03. The summed E-state index contributed by atoms with van der Waals surface area (Å²) in [5.41, 5.74) is 1.02. The molecular formula is C13H19O3. The molecule has 1 radical (unpaired) electrons. The molecule has 0 spiro atoms. The third-order valence-corrected chi connectivity index (χ3v) is 1.96. The highest BCUT2D eigenvalue weighted by atomic mass is 16.5. The molecule has 1 aromatic carbocycles. The maximum absolute atomic E-state index is 9.08. The van der Waals surface area contributed by atoms with E-state index in [-0.39, 0.29) is 12.7 Å². The highest BCUT2D eigenvalue weighted by molar-refractivity contribution is 5.46. The first-order chi connectivity index (χ1) is 7.50. The summed E-state index contributed by atoms with van der Waals surface area (Å²) in [4.78, 5) is 0. The summed E-state index contributed by atoms with van der Waals surface area (Å²) >= 11 is 0. The quantitative estimate of drug-likeness (QED) is 0.832. The van der Waals surface area contributed by atoms with Crippen molar-refractivity contribution in [2.75, 3.05) is 6.61 Å². The van der Waals surface area contributed by atoms with Gasteiger partial charge in [-0.1, -0.05) is 12.1 Å². The van der Waals surface area contributed by atoms with Crippen LogP contribution in [-0.4, -0.2) is 23.9 Å². The molecule has 1 aromatic rings. The van der Waals surface area contributed by atoms with E-state index in [4.69, 9.17) is 14.6 Å². The molecule has 1 rings (SSSR count). The van der Waals surface area contributed by atoms with Crippen LogP contribution in [-0.2, 0) is 0 Å². The van der Waals surface area contributed by atoms with Crippen LogP contribution in [0.1, 0.15) is 19.4 Å². The molecule has 0 aliphatic carbocycles. The van der Waals surface area contributed by atoms with Crippen LogP contribution in [0.2, 0.25) is 0 Å². The standard InChI is InChI=1S/C13H19O3/c1-9(2)16-13-10(3)6-5-7-12(13)15-8-11(4)14/h5-7,9,11,14H,4,8H2,1-3H3. The highest BCUT2D eigenvalue weighted by Crippen LogP contribution is 2.31. The van der Waals surface area contributed by atoms with Crippen molar-refractivity contribution in [3.63, 3.8) is 0 Å². The molecule has 3 nitrogen and oxygen atoms in total. The third-order valence-electron chi connectivity index (χ3n) is 1.96. The summed E-state index contributed by atoms with van der Waals surface area (Å²) < 4.78 is 11.1. The van der Waals surface area contributed by atoms with E-state index >= 15 is 0 Å². The summed E-state index contributed by atoms with van der Waals surface area (Å²) in [6.07, 6.45) is -0.638. The number of aliphatic hydroxyl groups is 1. The van der Waals surface area contributed by atoms with Gasteiger partial charge in [0.2, 0.25) is 0 Å². The number of hydrogen-bond acceptors (Lipinski definition) is 3. The van der Waals surface area contributed by atoms with Crippen LogP contribution < -0.4 is 9.47 Å². The highest BCUT2D eigenvalue weighted by Gasteiger charge is 2.10. The van der Waals surface area contributed by atoms with E-state index in [1.807, 2.05) is 39.0 Å². The molecule has 3 heteroatoms. The first-order valence-electron chi connectivity index (χ1n) is 5.41. The van der Waals surface area contributed by atoms with Gasteiger partial charge in [-0.15, -0.1) is 0 Å². The fourth-order valence-corrected chi connectivity index (χ4v) is 1.31. The van der Waals surface area contributed by atoms with Crippen LogP contribution in [0.25, 0.3) is 0 Å². The van der Waals surface area contributed by atoms with Crippen molar-refractivity contribution in [3.8, 4) is 11.5 Å². The van der Waals surface area contributed by atoms with Crippen molar-refractivity contribution in [3.05, 3.63) is 30.7 Å². The zero-order chi connectivity index (χ0) is 12.1. The Kier molecular flexibility index (Phi) is 4.62. The van der Waals surface area contributed by atoms with Crippen LogP contribution in [0.3, 0.4) is 0 Å². The number of aryl methyl sites for hydroxylation is 1. The topological polar surface area (TPSA) is 38.7 Å². The van der Waals surface area contributed by atoms with Gasteiger partial charge in [0, 0.05) is 0 Å². The van der Waals surface area contributed by atoms with Crippen LogP contribution in [0.5, 0.6) is 11.5 Å². The number of benzene rings is 1. The van der Waals surface area contributed by atoms with Gasteiger partial charge in [0.25, 0.3) is 0 Å². The van der Waals surface area contributed by atoms with E-state index in [1.54, 1.807) is 0 Å². The third kappa shape index (κ3) is 3.74. The van der Waals surface area contributed by atoms with Crippen LogP contribution in [0.4, 0.5) is 0 Å². The van der Waals surface area contributed by atoms with Crippen LogP contribution in [0.15, 0.2) is 18.2 Å². The van der Waals surface area contributed by atoms with Crippen molar-refractivity contribution in [2.45, 2.75) is 33.0 Å². The first-order valence-corrected chi connectivity index (χ1v) is 5.41. The summed E-state index contributed by atoms with van der Waals surface area (Å²) in [5.74, 6) is 1.38. The van der Waals surface area contributed by atoms with Gasteiger partial charge in [0.1, 0.15) is 6.61 Å². The van der Waals surface area contributed by atoms with Crippen molar-refractivity contribution >= 4 is 0 Å². The molecule has 0 aromatic heterocycles. The largest absolute Gasteiger partial charge is 0.487 e. The molecule has 89 valence electrons. The summed E-state index contributed by atoms with van der Waals surface area (Å²) in [6, 6.07) is 5.69. The van der Waals surface area contributed by atoms with Crippen molar-refractivity contribution < 1.29 is 14.6 Å². The van der Waals surface area contributed by atoms with E-state index in [2.05, 4.69) is 6.92 Å². The van der Waals surface area contributed by atoms with Crippen LogP contribution >= 0.6 is 0 Å². The van der Waals surface area contributed by atoms with E-state index in [9.17, 15) is 0 Å². The molecule has 1 atom stereocenters. The number of rotatable bonds is 5. The Bertz CT molecular complexity index is 332. The Labute approximate surface area is 97.0 Å². The molecule has 0 bridgehead atoms. The molecule has 0 aliphatic rings. The fraction of sp³-hybridized carbons (Fsp3) is 0.462. The predicted octanol–water partition coefficient (Wildman–Crippen LogP) is 2.36. The average molecular weight is 223 g/mol. The zero-order valence-electron chi connectivity index (χ0n) is 10.1. The SMILES string of the molecule is [CH2]C(O)COc1cccc(C)c1OC(C)C. The molecule has 16 heavy (non-hydrogen) atoms. The minimum atomic E-state index is -0.729. The number of aliphatic hydroxyl groups excluding tert-OH is 1. The maximum atomic E-state index is 9.08. The molecule has 0 saturated heterocycles. The molecule has 0 amide bonds. The molecule has 1 unspecified atom stereocenters. The maximum Gasteiger partial charge on any atom is 0.164 e. The molecule has 0 aliphatic heterocycles. The van der Waals surface area contributed by atoms with Gasteiger partial charge < -0.3 is 14.6 Å². The van der Waals surface area contributed by atoms with E-state index in [0.717, 1.165) is 11.3 Å². The van der Waals surface area contributed by atoms with Gasteiger partial charge in [0.15, 0.2) is 11.5 Å². The van der Waals surface area contributed by atoms with E-state index < -0.39 is 6.10 Å². The van der Waals surface area contributed by atoms with E-state index in [0.29, 0.717) is 5.75 Å². The van der Waals surface area contributed by atoms with Gasteiger partial charge in [-0.05, 0) is 39.3 Å². The Morgan fingerprint density at radius 3 is 2.62 bits per heavy atom. The lowest BCUT2D eigenvalue weighted by molar-refractivity contribution is 0.136. The van der Waals surface area contributed by atoms with Gasteiger partial charge in [0.05, 0.1) is 12.2 Å². The molecule has 1 N–H and O–H groups in total. The fourth-order valence-electron chi connectivity index (χ4n) is 1.31. The number of ether oxygens (including phenoxy) is 2. The number of para-hydroxylation sites is 1. The summed E-state index contributed by atoms with van der Waals surface area (Å²) in [7, 11) is 0. The Balaban J connectivity index is 2.85. The molecule has 0 fully saturated rings. The second kappa shape index (κ2) is 5.75. The Morgan fingerprint density at radius 1 is 1.38 bits per heavy atom. The lowest BCUT2D eigenvalue weighted by Crippen LogP contribution is -2.15. The lowest BCUT2D eigenvalue weighted by Gasteiger charge is -2.17. The first kappa shape index (κ1) is 12.8. The van der Waals surface area contributed by atoms with Gasteiger partial charge in [-0.3, -0.25) is 0 Å². The summed E-state index contributed by atoms with van der Waals surface area (Å²) in [6.45, 7) is 9.51. The average Bonchev–Trinajstić information content (AvgIpc) is 2.18. The Hall–Kier alpha value is -1.22. The summed E-state index contributed by atoms with van der Waals surface area (Å²) in [5, 5.41) is 9.08. The van der Waals surface area contributed by atoms with Crippen molar-refractivity contribution in [1.29, 1.82) is 0 Å². The minimum absolute atomic E-state index is 0.0909. The molecule has 0 heterocycles. The van der Waals surface area contributed by atoms with Gasteiger partial charge >= 0.3 is 0 Å². The van der Waals surface area contributed by atoms with Gasteiger partial charge in [-0.2, -0.15) is 0 Å². The number of hydrogen-bond donors (Lipinski definition) is 1. The second-order valence-electron chi connectivity index (χ2n) is 4.03. The van der Waals surface area contributed by atoms with Gasteiger partial charge in [-0.25, -0.2) is 0 Å². The predicted molar refractivity (Wildman–Crippen MR) is 63.8 cm³/mol. The lowest BCUT2D eigenvalue weighted by atomic mass is 10.2. The van der Waals surface area contributed by atoms with Crippen molar-refractivity contribution in [2.24, 2.45) is 0 Å².